The number of methoxy groups -OCH3 is 1. The van der Waals surface area contributed by atoms with Gasteiger partial charge >= 0.3 is 0 Å². The minimum absolute atomic E-state index is 0.0377. The molecule has 1 unspecified atom stereocenters. The first-order valence-electron chi connectivity index (χ1n) is 14.9. The molecule has 4 rings (SSSR count). The lowest BCUT2D eigenvalue weighted by Crippen LogP contribution is -2.54. The van der Waals surface area contributed by atoms with Gasteiger partial charge in [0.2, 0.25) is 11.8 Å². The van der Waals surface area contributed by atoms with E-state index in [2.05, 4.69) is 5.32 Å². The zero-order chi connectivity index (χ0) is 33.5. The van der Waals surface area contributed by atoms with Gasteiger partial charge in [0.15, 0.2) is 0 Å². The van der Waals surface area contributed by atoms with Crippen molar-refractivity contribution in [1.82, 2.24) is 10.2 Å². The van der Waals surface area contributed by atoms with Gasteiger partial charge in [0.05, 0.1) is 17.7 Å². The Balaban J connectivity index is 1.71. The maximum absolute atomic E-state index is 14.2. The predicted molar refractivity (Wildman–Crippen MR) is 180 cm³/mol. The number of carbonyl (C=O) groups is 2. The van der Waals surface area contributed by atoms with Crippen LogP contribution in [0.2, 0.25) is 0 Å². The SMILES string of the molecule is COc1ccc(CN(C(=O)CN(c2ccc(Oc3ccccc3)cc2)S(=O)(=O)c2ccc(C)cc2)C(C)C(=O)NC(C)(C)C)cc1. The summed E-state index contributed by atoms with van der Waals surface area (Å²) in [5, 5.41) is 2.93. The predicted octanol–water partition coefficient (Wildman–Crippen LogP) is 6.32. The van der Waals surface area contributed by atoms with E-state index in [1.807, 2.05) is 58.0 Å². The summed E-state index contributed by atoms with van der Waals surface area (Å²) in [6, 6.07) is 28.4. The van der Waals surface area contributed by atoms with Gasteiger partial charge in [-0.05, 0) is 101 Å². The van der Waals surface area contributed by atoms with E-state index in [4.69, 9.17) is 9.47 Å². The standard InChI is InChI=1S/C36H41N3O6S/c1-26-12-22-33(23-13-26)46(42,43)39(29-16-20-32(21-17-29)45-31-10-8-7-9-11-31)25-34(40)38(27(2)35(41)37-36(3,4)5)24-28-14-18-30(44-6)19-15-28/h7-23,27H,24-25H2,1-6H3,(H,37,41). The fourth-order valence-corrected chi connectivity index (χ4v) is 6.07. The number of benzene rings is 4. The van der Waals surface area contributed by atoms with Gasteiger partial charge in [-0.3, -0.25) is 13.9 Å². The molecule has 0 fully saturated rings. The molecular weight excluding hydrogens is 602 g/mol. The molecule has 0 saturated carbocycles. The molecule has 2 amide bonds. The summed E-state index contributed by atoms with van der Waals surface area (Å²) in [4.78, 5) is 28.9. The Morgan fingerprint density at radius 3 is 1.93 bits per heavy atom. The van der Waals surface area contributed by atoms with E-state index in [-0.39, 0.29) is 23.0 Å². The highest BCUT2D eigenvalue weighted by Crippen LogP contribution is 2.29. The first kappa shape index (κ1) is 34.1. The molecule has 10 heteroatoms. The Labute approximate surface area is 271 Å². The molecule has 0 aliphatic rings. The highest BCUT2D eigenvalue weighted by molar-refractivity contribution is 7.92. The molecule has 9 nitrogen and oxygen atoms in total. The van der Waals surface area contributed by atoms with Gasteiger partial charge in [0.1, 0.15) is 29.8 Å². The number of anilines is 1. The van der Waals surface area contributed by atoms with Crippen molar-refractivity contribution in [2.45, 2.75) is 57.6 Å². The van der Waals surface area contributed by atoms with Gasteiger partial charge in [-0.2, -0.15) is 0 Å². The number of nitrogens with zero attached hydrogens (tertiary/aromatic N) is 2. The molecule has 0 aliphatic carbocycles. The van der Waals surface area contributed by atoms with Gasteiger partial charge in [0, 0.05) is 12.1 Å². The van der Waals surface area contributed by atoms with Crippen LogP contribution in [0.4, 0.5) is 5.69 Å². The maximum Gasteiger partial charge on any atom is 0.264 e. The average molecular weight is 644 g/mol. The third-order valence-electron chi connectivity index (χ3n) is 7.17. The molecule has 0 bridgehead atoms. The van der Waals surface area contributed by atoms with Gasteiger partial charge in [-0.1, -0.05) is 48.0 Å². The van der Waals surface area contributed by atoms with E-state index in [0.717, 1.165) is 15.4 Å². The van der Waals surface area contributed by atoms with Gasteiger partial charge in [-0.15, -0.1) is 0 Å². The van der Waals surface area contributed by atoms with E-state index < -0.39 is 34.1 Å². The van der Waals surface area contributed by atoms with Crippen LogP contribution in [-0.2, 0) is 26.2 Å². The van der Waals surface area contributed by atoms with E-state index in [1.165, 1.54) is 17.0 Å². The number of rotatable bonds is 12. The van der Waals surface area contributed by atoms with Crippen molar-refractivity contribution in [3.63, 3.8) is 0 Å². The summed E-state index contributed by atoms with van der Waals surface area (Å²) in [7, 11) is -2.64. The second kappa shape index (κ2) is 14.5. The van der Waals surface area contributed by atoms with Gasteiger partial charge < -0.3 is 19.7 Å². The Bertz CT molecular complexity index is 1720. The van der Waals surface area contributed by atoms with Crippen LogP contribution >= 0.6 is 0 Å². The second-order valence-corrected chi connectivity index (χ2v) is 13.9. The number of carbonyl (C=O) groups excluding carboxylic acids is 2. The zero-order valence-electron chi connectivity index (χ0n) is 27.1. The van der Waals surface area contributed by atoms with Crippen LogP contribution in [0.3, 0.4) is 0 Å². The Kier molecular flexibility index (Phi) is 10.7. The van der Waals surface area contributed by atoms with E-state index in [1.54, 1.807) is 74.7 Å². The van der Waals surface area contributed by atoms with Crippen LogP contribution in [0.5, 0.6) is 17.2 Å². The Morgan fingerprint density at radius 1 is 0.804 bits per heavy atom. The lowest BCUT2D eigenvalue weighted by Gasteiger charge is -2.33. The summed E-state index contributed by atoms with van der Waals surface area (Å²) in [6.07, 6.45) is 0. The highest BCUT2D eigenvalue weighted by atomic mass is 32.2. The number of para-hydroxylation sites is 1. The number of nitrogens with one attached hydrogen (secondary N) is 1. The van der Waals surface area contributed by atoms with Crippen molar-refractivity contribution in [2.75, 3.05) is 18.0 Å². The topological polar surface area (TPSA) is 105 Å². The highest BCUT2D eigenvalue weighted by Gasteiger charge is 2.33. The second-order valence-electron chi connectivity index (χ2n) is 12.0. The lowest BCUT2D eigenvalue weighted by molar-refractivity contribution is -0.140. The van der Waals surface area contributed by atoms with Crippen molar-refractivity contribution >= 4 is 27.5 Å². The minimum atomic E-state index is -4.20. The monoisotopic (exact) mass is 643 g/mol. The summed E-state index contributed by atoms with van der Waals surface area (Å²) in [6.45, 7) is 8.60. The fourth-order valence-electron chi connectivity index (χ4n) is 4.66. The minimum Gasteiger partial charge on any atom is -0.497 e. The molecule has 4 aromatic carbocycles. The third-order valence-corrected chi connectivity index (χ3v) is 8.96. The molecule has 4 aromatic rings. The molecule has 0 heterocycles. The van der Waals surface area contributed by atoms with Gasteiger partial charge in [-0.25, -0.2) is 8.42 Å². The molecule has 242 valence electrons. The number of sulfonamides is 1. The quantitative estimate of drug-likeness (QED) is 0.194. The van der Waals surface area contributed by atoms with Crippen molar-refractivity contribution in [3.8, 4) is 17.2 Å². The molecule has 1 atom stereocenters. The molecule has 0 saturated heterocycles. The Hall–Kier alpha value is -4.83. The number of aryl methyl sites for hydroxylation is 1. The summed E-state index contributed by atoms with van der Waals surface area (Å²) >= 11 is 0. The van der Waals surface area contributed by atoms with Crippen LogP contribution < -0.4 is 19.1 Å². The maximum atomic E-state index is 14.2. The lowest BCUT2D eigenvalue weighted by atomic mass is 10.1. The third kappa shape index (κ3) is 8.88. The van der Waals surface area contributed by atoms with Crippen LogP contribution in [0.1, 0.15) is 38.8 Å². The molecule has 1 N–H and O–H groups in total. The van der Waals surface area contributed by atoms with Gasteiger partial charge in [0.25, 0.3) is 10.0 Å². The molecule has 0 spiro atoms. The Morgan fingerprint density at radius 2 is 1.37 bits per heavy atom. The summed E-state index contributed by atoms with van der Waals surface area (Å²) in [5.41, 5.74) is 1.38. The van der Waals surface area contributed by atoms with E-state index in [0.29, 0.717) is 17.2 Å². The number of amides is 2. The van der Waals surface area contributed by atoms with Crippen molar-refractivity contribution in [3.05, 3.63) is 114 Å². The van der Waals surface area contributed by atoms with Crippen LogP contribution in [0, 0.1) is 6.92 Å². The first-order valence-corrected chi connectivity index (χ1v) is 16.4. The number of hydrogen-bond acceptors (Lipinski definition) is 6. The van der Waals surface area contributed by atoms with Crippen molar-refractivity contribution in [1.29, 1.82) is 0 Å². The van der Waals surface area contributed by atoms with Crippen LogP contribution in [0.15, 0.2) is 108 Å². The largest absolute Gasteiger partial charge is 0.497 e. The van der Waals surface area contributed by atoms with E-state index in [9.17, 15) is 18.0 Å². The average Bonchev–Trinajstić information content (AvgIpc) is 3.02. The smallest absolute Gasteiger partial charge is 0.264 e. The molecule has 0 aromatic heterocycles. The molecular formula is C36H41N3O6S. The first-order chi connectivity index (χ1) is 21.8. The number of hydrogen-bond donors (Lipinski definition) is 1. The van der Waals surface area contributed by atoms with Crippen LogP contribution in [-0.4, -0.2) is 50.4 Å². The fraction of sp³-hybridized carbons (Fsp3) is 0.278. The zero-order valence-corrected chi connectivity index (χ0v) is 27.9. The summed E-state index contributed by atoms with van der Waals surface area (Å²) in [5.74, 6) is 0.876. The molecule has 0 aliphatic heterocycles. The van der Waals surface area contributed by atoms with E-state index >= 15 is 0 Å². The van der Waals surface area contributed by atoms with Crippen LogP contribution in [0.25, 0.3) is 0 Å². The normalized spacial score (nSPS) is 12.1. The molecule has 0 radical (unpaired) electrons. The number of ether oxygens (including phenoxy) is 2. The summed E-state index contributed by atoms with van der Waals surface area (Å²) < 4.78 is 40.5. The van der Waals surface area contributed by atoms with Crippen molar-refractivity contribution in [2.24, 2.45) is 0 Å². The van der Waals surface area contributed by atoms with Crippen molar-refractivity contribution < 1.29 is 27.5 Å². The molecule has 46 heavy (non-hydrogen) atoms.